The third-order valence-corrected chi connectivity index (χ3v) is 3.16. The Morgan fingerprint density at radius 3 is 2.46 bits per heavy atom. The van der Waals surface area contributed by atoms with Crippen LogP contribution in [-0.4, -0.2) is 31.0 Å². The summed E-state index contributed by atoms with van der Waals surface area (Å²) in [4.78, 5) is 13.6. The van der Waals surface area contributed by atoms with Gasteiger partial charge in [-0.05, 0) is 36.9 Å². The highest BCUT2D eigenvalue weighted by molar-refractivity contribution is 5.92. The van der Waals surface area contributed by atoms with E-state index in [0.717, 1.165) is 5.56 Å². The van der Waals surface area contributed by atoms with Crippen molar-refractivity contribution in [3.05, 3.63) is 59.9 Å². The Morgan fingerprint density at radius 1 is 1.17 bits per heavy atom. The molecule has 2 aromatic carbocycles. The van der Waals surface area contributed by atoms with Gasteiger partial charge in [-0.1, -0.05) is 24.3 Å². The Balaban J connectivity index is 1.85. The summed E-state index contributed by atoms with van der Waals surface area (Å²) in [5, 5.41) is 2.50. The number of nitrogens with zero attached hydrogens (tertiary/aromatic N) is 1. The van der Waals surface area contributed by atoms with Gasteiger partial charge in [0.25, 0.3) is 0 Å². The maximum Gasteiger partial charge on any atom is 0.387 e. The molecule has 0 fully saturated rings. The number of amides is 1. The minimum Gasteiger partial charge on any atom is -0.435 e. The minimum atomic E-state index is -2.86. The molecule has 0 aromatic heterocycles. The van der Waals surface area contributed by atoms with Crippen LogP contribution >= 0.6 is 0 Å². The molecule has 128 valence electrons. The fraction of sp³-hybridized carbons (Fsp3) is 0.235. The Bertz CT molecular complexity index is 678. The van der Waals surface area contributed by atoms with E-state index in [4.69, 9.17) is 0 Å². The minimum absolute atomic E-state index is 0.0591. The lowest BCUT2D eigenvalue weighted by Gasteiger charge is -2.17. The topological polar surface area (TPSA) is 41.6 Å². The van der Waals surface area contributed by atoms with Crippen LogP contribution < -0.4 is 10.1 Å². The lowest BCUT2D eigenvalue weighted by molar-refractivity contribution is -0.117. The predicted octanol–water partition coefficient (Wildman–Crippen LogP) is 3.50. The molecule has 24 heavy (non-hydrogen) atoms. The normalized spacial score (nSPS) is 10.9. The zero-order valence-corrected chi connectivity index (χ0v) is 13.0. The number of anilines is 1. The van der Waals surface area contributed by atoms with Crippen LogP contribution in [0.3, 0.4) is 0 Å². The maximum atomic E-state index is 13.5. The van der Waals surface area contributed by atoms with Crippen molar-refractivity contribution in [2.45, 2.75) is 13.2 Å². The number of ether oxygens (including phenoxy) is 1. The van der Waals surface area contributed by atoms with Gasteiger partial charge in [-0.15, -0.1) is 0 Å². The van der Waals surface area contributed by atoms with Gasteiger partial charge in [-0.25, -0.2) is 4.39 Å². The number of rotatable bonds is 7. The van der Waals surface area contributed by atoms with Crippen molar-refractivity contribution >= 4 is 11.6 Å². The highest BCUT2D eigenvalue weighted by Crippen LogP contribution is 2.16. The van der Waals surface area contributed by atoms with E-state index in [1.807, 2.05) is 0 Å². The Hall–Kier alpha value is -2.54. The molecular weight excluding hydrogens is 321 g/mol. The smallest absolute Gasteiger partial charge is 0.387 e. The van der Waals surface area contributed by atoms with Gasteiger partial charge in [0.1, 0.15) is 11.6 Å². The van der Waals surface area contributed by atoms with Crippen molar-refractivity contribution in [3.63, 3.8) is 0 Å². The van der Waals surface area contributed by atoms with Gasteiger partial charge in [0, 0.05) is 6.54 Å². The summed E-state index contributed by atoms with van der Waals surface area (Å²) in [7, 11) is 1.73. The number of para-hydroxylation sites is 1. The van der Waals surface area contributed by atoms with Gasteiger partial charge in [0.05, 0.1) is 12.2 Å². The van der Waals surface area contributed by atoms with E-state index >= 15 is 0 Å². The molecule has 1 amide bonds. The van der Waals surface area contributed by atoms with Crippen LogP contribution in [0.15, 0.2) is 48.5 Å². The lowest BCUT2D eigenvalue weighted by Crippen LogP contribution is -2.30. The first-order chi connectivity index (χ1) is 11.4. The highest BCUT2D eigenvalue weighted by Gasteiger charge is 2.10. The summed E-state index contributed by atoms with van der Waals surface area (Å²) in [6, 6.07) is 12.1. The third-order valence-electron chi connectivity index (χ3n) is 3.16. The number of hydrogen-bond acceptors (Lipinski definition) is 3. The monoisotopic (exact) mass is 338 g/mol. The molecule has 2 aromatic rings. The van der Waals surface area contributed by atoms with Crippen LogP contribution in [-0.2, 0) is 11.3 Å². The van der Waals surface area contributed by atoms with E-state index in [1.165, 1.54) is 24.3 Å². The first kappa shape index (κ1) is 17.8. The largest absolute Gasteiger partial charge is 0.435 e. The van der Waals surface area contributed by atoms with Gasteiger partial charge >= 0.3 is 6.61 Å². The summed E-state index contributed by atoms with van der Waals surface area (Å²) < 4.78 is 41.9. The highest BCUT2D eigenvalue weighted by atomic mass is 19.3. The van der Waals surface area contributed by atoms with Gasteiger partial charge in [-0.2, -0.15) is 8.78 Å². The van der Waals surface area contributed by atoms with E-state index in [0.29, 0.717) is 6.54 Å². The van der Waals surface area contributed by atoms with Crippen LogP contribution in [0, 0.1) is 5.82 Å². The number of carbonyl (C=O) groups excluding carboxylic acids is 1. The Morgan fingerprint density at radius 2 is 1.83 bits per heavy atom. The van der Waals surface area contributed by atoms with Gasteiger partial charge < -0.3 is 10.1 Å². The van der Waals surface area contributed by atoms with Crippen molar-refractivity contribution in [3.8, 4) is 5.75 Å². The Labute approximate surface area is 137 Å². The molecule has 1 N–H and O–H groups in total. The van der Waals surface area contributed by atoms with Crippen LogP contribution in [0.4, 0.5) is 18.9 Å². The number of halogens is 3. The molecule has 0 aliphatic heterocycles. The van der Waals surface area contributed by atoms with Crippen molar-refractivity contribution < 1.29 is 22.7 Å². The van der Waals surface area contributed by atoms with E-state index in [-0.39, 0.29) is 23.9 Å². The van der Waals surface area contributed by atoms with Gasteiger partial charge in [0.15, 0.2) is 0 Å². The average Bonchev–Trinajstić information content (AvgIpc) is 2.51. The number of benzene rings is 2. The molecule has 0 bridgehead atoms. The van der Waals surface area contributed by atoms with E-state index in [1.54, 1.807) is 36.2 Å². The van der Waals surface area contributed by atoms with Crippen molar-refractivity contribution in [2.75, 3.05) is 18.9 Å². The first-order valence-corrected chi connectivity index (χ1v) is 7.20. The predicted molar refractivity (Wildman–Crippen MR) is 84.4 cm³/mol. The number of hydrogen-bond donors (Lipinski definition) is 1. The molecule has 0 saturated heterocycles. The quantitative estimate of drug-likeness (QED) is 0.840. The zero-order chi connectivity index (χ0) is 17.5. The second kappa shape index (κ2) is 8.35. The number of alkyl halides is 2. The molecular formula is C17H17F3N2O2. The van der Waals surface area contributed by atoms with E-state index in [9.17, 15) is 18.0 Å². The summed E-state index contributed by atoms with van der Waals surface area (Å²) in [5.41, 5.74) is 0.960. The molecule has 7 heteroatoms. The van der Waals surface area contributed by atoms with Crippen molar-refractivity contribution in [1.29, 1.82) is 0 Å². The Kier molecular flexibility index (Phi) is 6.20. The summed E-state index contributed by atoms with van der Waals surface area (Å²) in [6.45, 7) is -2.37. The summed E-state index contributed by atoms with van der Waals surface area (Å²) >= 11 is 0. The van der Waals surface area contributed by atoms with E-state index < -0.39 is 12.4 Å². The second-order valence-corrected chi connectivity index (χ2v) is 5.22. The zero-order valence-electron chi connectivity index (χ0n) is 13.0. The molecule has 0 aliphatic rings. The molecule has 0 atom stereocenters. The van der Waals surface area contributed by atoms with Gasteiger partial charge in [0.2, 0.25) is 5.91 Å². The van der Waals surface area contributed by atoms with Gasteiger partial charge in [-0.3, -0.25) is 9.69 Å². The molecule has 4 nitrogen and oxygen atoms in total. The van der Waals surface area contributed by atoms with Crippen molar-refractivity contribution in [1.82, 2.24) is 4.90 Å². The molecule has 0 radical (unpaired) electrons. The summed E-state index contributed by atoms with van der Waals surface area (Å²) in [6.07, 6.45) is 0. The molecule has 0 spiro atoms. The van der Waals surface area contributed by atoms with E-state index in [2.05, 4.69) is 10.1 Å². The van der Waals surface area contributed by atoms with Crippen LogP contribution in [0.25, 0.3) is 0 Å². The molecule has 0 saturated carbocycles. The van der Waals surface area contributed by atoms with Crippen LogP contribution in [0.1, 0.15) is 5.56 Å². The number of carbonyl (C=O) groups is 1. The SMILES string of the molecule is CN(CC(=O)Nc1ccccc1F)Cc1ccc(OC(F)F)cc1. The number of nitrogens with one attached hydrogen (secondary N) is 1. The second-order valence-electron chi connectivity index (χ2n) is 5.22. The fourth-order valence-corrected chi connectivity index (χ4v) is 2.14. The third kappa shape index (κ3) is 5.58. The maximum absolute atomic E-state index is 13.5. The molecule has 2 rings (SSSR count). The van der Waals surface area contributed by atoms with Crippen LogP contribution in [0.5, 0.6) is 5.75 Å². The standard InChI is InChI=1S/C17H17F3N2O2/c1-22(10-12-6-8-13(9-7-12)24-17(19)20)11-16(23)21-15-5-3-2-4-14(15)18/h2-9,17H,10-11H2,1H3,(H,21,23). The molecule has 0 heterocycles. The summed E-state index contributed by atoms with van der Waals surface area (Å²) in [5.74, 6) is -0.767. The lowest BCUT2D eigenvalue weighted by atomic mass is 10.2. The fourth-order valence-electron chi connectivity index (χ4n) is 2.14. The molecule has 0 aliphatic carbocycles. The number of likely N-dealkylation sites (N-methyl/N-ethyl adjacent to an activating group) is 1. The first-order valence-electron chi connectivity index (χ1n) is 7.20. The molecule has 0 unspecified atom stereocenters. The van der Waals surface area contributed by atoms with Crippen LogP contribution in [0.2, 0.25) is 0 Å². The van der Waals surface area contributed by atoms with Crippen molar-refractivity contribution in [2.24, 2.45) is 0 Å². The average molecular weight is 338 g/mol.